The van der Waals surface area contributed by atoms with Crippen molar-refractivity contribution in [3.8, 4) is 0 Å². The molecule has 96 valence electrons. The van der Waals surface area contributed by atoms with Gasteiger partial charge in [0.2, 0.25) is 0 Å². The van der Waals surface area contributed by atoms with E-state index in [0.29, 0.717) is 13.1 Å². The molecule has 1 saturated heterocycles. The first-order valence-electron chi connectivity index (χ1n) is 5.38. The highest BCUT2D eigenvalue weighted by molar-refractivity contribution is 6.31. The third-order valence-corrected chi connectivity index (χ3v) is 3.07. The number of hydrogen-bond acceptors (Lipinski definition) is 5. The minimum Gasteiger partial charge on any atom is -0.360 e. The Morgan fingerprint density at radius 1 is 1.06 bits per heavy atom. The zero-order valence-electron chi connectivity index (χ0n) is 9.34. The van der Waals surface area contributed by atoms with Crippen LogP contribution in [0.4, 0.5) is 17.1 Å². The van der Waals surface area contributed by atoms with Crippen LogP contribution in [0.25, 0.3) is 0 Å². The van der Waals surface area contributed by atoms with Crippen molar-refractivity contribution in [3.05, 3.63) is 37.4 Å². The van der Waals surface area contributed by atoms with E-state index in [2.05, 4.69) is 0 Å². The molecule has 7 nitrogen and oxygen atoms in total. The van der Waals surface area contributed by atoms with Crippen molar-refractivity contribution in [3.63, 3.8) is 0 Å². The average Bonchev–Trinajstić information content (AvgIpc) is 2.80. The van der Waals surface area contributed by atoms with Gasteiger partial charge in [-0.3, -0.25) is 20.2 Å². The predicted octanol–water partition coefficient (Wildman–Crippen LogP) is 2.76. The summed E-state index contributed by atoms with van der Waals surface area (Å²) in [6, 6.07) is 2.31. The first kappa shape index (κ1) is 12.6. The van der Waals surface area contributed by atoms with Gasteiger partial charge in [-0.05, 0) is 12.8 Å². The Morgan fingerprint density at radius 3 is 1.89 bits per heavy atom. The Morgan fingerprint density at radius 2 is 1.50 bits per heavy atom. The van der Waals surface area contributed by atoms with E-state index in [9.17, 15) is 20.2 Å². The highest BCUT2D eigenvalue weighted by Gasteiger charge is 2.32. The Hall–Kier alpha value is -1.89. The zero-order chi connectivity index (χ0) is 13.3. The van der Waals surface area contributed by atoms with Crippen LogP contribution >= 0.6 is 11.6 Å². The molecule has 0 aromatic heterocycles. The molecule has 2 rings (SSSR count). The van der Waals surface area contributed by atoms with E-state index in [1.54, 1.807) is 4.90 Å². The molecule has 0 spiro atoms. The van der Waals surface area contributed by atoms with E-state index >= 15 is 0 Å². The molecule has 0 atom stereocenters. The van der Waals surface area contributed by atoms with E-state index in [-0.39, 0.29) is 22.1 Å². The van der Waals surface area contributed by atoms with Gasteiger partial charge < -0.3 is 4.90 Å². The number of nitro benzene ring substituents is 2. The summed E-state index contributed by atoms with van der Waals surface area (Å²) in [5.41, 5.74) is -0.556. The average molecular weight is 272 g/mol. The molecular formula is C10H10ClN3O4. The molecule has 8 heteroatoms. The summed E-state index contributed by atoms with van der Waals surface area (Å²) in [6.45, 7) is 1.17. The molecule has 1 aromatic rings. The SMILES string of the molecule is O=[N+]([O-])c1cc(Cl)cc([N+](=O)[O-])c1N1CCCC1. The van der Waals surface area contributed by atoms with Crippen molar-refractivity contribution < 1.29 is 9.85 Å². The van der Waals surface area contributed by atoms with Crippen molar-refractivity contribution in [2.24, 2.45) is 0 Å². The lowest BCUT2D eigenvalue weighted by atomic mass is 10.2. The Kier molecular flexibility index (Phi) is 3.33. The standard InChI is InChI=1S/C10H10ClN3O4/c11-7-5-8(13(15)16)10(9(6-7)14(17)18)12-3-1-2-4-12/h5-6H,1-4H2. The fourth-order valence-electron chi connectivity index (χ4n) is 2.11. The van der Waals surface area contributed by atoms with Crippen molar-refractivity contribution in [2.75, 3.05) is 18.0 Å². The van der Waals surface area contributed by atoms with Gasteiger partial charge in [0, 0.05) is 25.2 Å². The van der Waals surface area contributed by atoms with Crippen LogP contribution in [0.3, 0.4) is 0 Å². The number of nitrogens with zero attached hydrogens (tertiary/aromatic N) is 3. The smallest absolute Gasteiger partial charge is 0.301 e. The van der Waals surface area contributed by atoms with E-state index in [1.807, 2.05) is 0 Å². The molecule has 0 saturated carbocycles. The molecular weight excluding hydrogens is 262 g/mol. The maximum absolute atomic E-state index is 11.0. The predicted molar refractivity (Wildman–Crippen MR) is 66.2 cm³/mol. The largest absolute Gasteiger partial charge is 0.360 e. The molecule has 1 aliphatic heterocycles. The third-order valence-electron chi connectivity index (χ3n) is 2.85. The summed E-state index contributed by atoms with van der Waals surface area (Å²) >= 11 is 5.69. The monoisotopic (exact) mass is 271 g/mol. The lowest BCUT2D eigenvalue weighted by Gasteiger charge is -2.17. The van der Waals surface area contributed by atoms with Gasteiger partial charge in [-0.1, -0.05) is 11.6 Å². The second-order valence-electron chi connectivity index (χ2n) is 4.00. The van der Waals surface area contributed by atoms with Gasteiger partial charge in [0.15, 0.2) is 5.69 Å². The van der Waals surface area contributed by atoms with Crippen LogP contribution in [-0.2, 0) is 0 Å². The minimum atomic E-state index is -0.632. The van der Waals surface area contributed by atoms with Crippen LogP contribution in [0.15, 0.2) is 12.1 Å². The van der Waals surface area contributed by atoms with Crippen LogP contribution in [-0.4, -0.2) is 22.9 Å². The van der Waals surface area contributed by atoms with Gasteiger partial charge in [-0.25, -0.2) is 0 Å². The number of anilines is 1. The molecule has 1 aromatic carbocycles. The first-order valence-corrected chi connectivity index (χ1v) is 5.76. The van der Waals surface area contributed by atoms with Gasteiger partial charge in [0.05, 0.1) is 14.9 Å². The van der Waals surface area contributed by atoms with E-state index < -0.39 is 9.85 Å². The summed E-state index contributed by atoms with van der Waals surface area (Å²) in [7, 11) is 0. The lowest BCUT2D eigenvalue weighted by Crippen LogP contribution is -2.20. The summed E-state index contributed by atoms with van der Waals surface area (Å²) in [4.78, 5) is 22.4. The molecule has 0 aliphatic carbocycles. The van der Waals surface area contributed by atoms with Crippen LogP contribution < -0.4 is 4.90 Å². The third kappa shape index (κ3) is 2.21. The highest BCUT2D eigenvalue weighted by Crippen LogP contribution is 2.41. The summed E-state index contributed by atoms with van der Waals surface area (Å²) in [6.07, 6.45) is 1.74. The van der Waals surface area contributed by atoms with Crippen molar-refractivity contribution in [2.45, 2.75) is 12.8 Å². The maximum Gasteiger partial charge on any atom is 0.301 e. The topological polar surface area (TPSA) is 89.5 Å². The van der Waals surface area contributed by atoms with Crippen LogP contribution in [0, 0.1) is 20.2 Å². The normalized spacial score (nSPS) is 14.8. The fraction of sp³-hybridized carbons (Fsp3) is 0.400. The molecule has 18 heavy (non-hydrogen) atoms. The van der Waals surface area contributed by atoms with Gasteiger partial charge in [-0.15, -0.1) is 0 Å². The number of benzene rings is 1. The highest BCUT2D eigenvalue weighted by atomic mass is 35.5. The van der Waals surface area contributed by atoms with Crippen LogP contribution in [0.5, 0.6) is 0 Å². The molecule has 0 unspecified atom stereocenters. The summed E-state index contributed by atoms with van der Waals surface area (Å²) in [5.74, 6) is 0. The van der Waals surface area contributed by atoms with Crippen molar-refractivity contribution >= 4 is 28.7 Å². The van der Waals surface area contributed by atoms with Gasteiger partial charge >= 0.3 is 11.4 Å². The second-order valence-corrected chi connectivity index (χ2v) is 4.44. The van der Waals surface area contributed by atoms with Gasteiger partial charge in [0.25, 0.3) is 0 Å². The summed E-state index contributed by atoms with van der Waals surface area (Å²) in [5, 5.41) is 22.0. The van der Waals surface area contributed by atoms with E-state index in [1.165, 1.54) is 0 Å². The quantitative estimate of drug-likeness (QED) is 0.623. The first-order chi connectivity index (χ1) is 8.50. The van der Waals surface area contributed by atoms with E-state index in [4.69, 9.17) is 11.6 Å². The second kappa shape index (κ2) is 4.77. The van der Waals surface area contributed by atoms with Gasteiger partial charge in [0.1, 0.15) is 0 Å². The number of hydrogen-bond donors (Lipinski definition) is 0. The zero-order valence-corrected chi connectivity index (χ0v) is 10.1. The molecule has 0 amide bonds. The molecule has 0 radical (unpaired) electrons. The molecule has 0 N–H and O–H groups in total. The molecule has 1 fully saturated rings. The number of nitro groups is 2. The molecule has 1 heterocycles. The fourth-order valence-corrected chi connectivity index (χ4v) is 2.32. The summed E-state index contributed by atoms with van der Waals surface area (Å²) < 4.78 is 0. The van der Waals surface area contributed by atoms with Crippen molar-refractivity contribution in [1.82, 2.24) is 0 Å². The molecule has 1 aliphatic rings. The van der Waals surface area contributed by atoms with E-state index in [0.717, 1.165) is 25.0 Å². The van der Waals surface area contributed by atoms with Gasteiger partial charge in [-0.2, -0.15) is 0 Å². The lowest BCUT2D eigenvalue weighted by molar-refractivity contribution is -0.392. The Balaban J connectivity index is 2.64. The minimum absolute atomic E-state index is 0.00338. The Bertz CT molecular complexity index is 479. The van der Waals surface area contributed by atoms with Crippen molar-refractivity contribution in [1.29, 1.82) is 0 Å². The number of rotatable bonds is 3. The maximum atomic E-state index is 11.0. The van der Waals surface area contributed by atoms with Crippen LogP contribution in [0.2, 0.25) is 5.02 Å². The molecule has 0 bridgehead atoms. The Labute approximate surface area is 107 Å². The number of halogens is 1. The van der Waals surface area contributed by atoms with Crippen LogP contribution in [0.1, 0.15) is 12.8 Å².